The molecule has 3 aliphatic heterocycles. The van der Waals surface area contributed by atoms with Crippen molar-refractivity contribution < 1.29 is 18.7 Å². The Kier molecular flexibility index (Phi) is 9.73. The maximum absolute atomic E-state index is 13.9. The monoisotopic (exact) mass is 580 g/mol. The van der Waals surface area contributed by atoms with Gasteiger partial charge in [-0.1, -0.05) is 35.2 Å². The highest BCUT2D eigenvalue weighted by molar-refractivity contribution is 7.18. The number of nitrogens with zero attached hydrogens (tertiary/aromatic N) is 2. The fourth-order valence-corrected chi connectivity index (χ4v) is 8.94. The molecule has 0 aromatic heterocycles. The summed E-state index contributed by atoms with van der Waals surface area (Å²) < 4.78 is 27.7. The minimum absolute atomic E-state index is 0.00928. The first kappa shape index (κ1) is 30.5. The Labute approximate surface area is 241 Å². The number of aliphatic hydroxyl groups excluding tert-OH is 1. The molecule has 6 fully saturated rings. The van der Waals surface area contributed by atoms with Crippen LogP contribution in [-0.4, -0.2) is 75.9 Å². The summed E-state index contributed by atoms with van der Waals surface area (Å²) in [6.45, 7) is 10.6. The van der Waals surface area contributed by atoms with Gasteiger partial charge in [-0.25, -0.2) is 13.8 Å². The lowest BCUT2D eigenvalue weighted by molar-refractivity contribution is -0.112. The lowest BCUT2D eigenvalue weighted by Crippen LogP contribution is -2.59. The van der Waals surface area contributed by atoms with Crippen LogP contribution in [0.25, 0.3) is 0 Å². The highest BCUT2D eigenvalue weighted by Crippen LogP contribution is 2.48. The molecular weight excluding hydrogens is 529 g/mol. The first-order valence-electron chi connectivity index (χ1n) is 15.8. The molecule has 0 aromatic carbocycles. The second-order valence-corrected chi connectivity index (χ2v) is 14.2. The number of allylic oxidation sites excluding steroid dienone is 1. The Morgan fingerprint density at radius 2 is 1.65 bits per heavy atom. The van der Waals surface area contributed by atoms with Crippen molar-refractivity contribution in [1.29, 1.82) is 0 Å². The minimum Gasteiger partial charge on any atom is -0.391 e. The van der Waals surface area contributed by atoms with Gasteiger partial charge in [0.05, 0.1) is 6.10 Å². The Morgan fingerprint density at radius 3 is 2.23 bits per heavy atom. The van der Waals surface area contributed by atoms with Gasteiger partial charge in [-0.3, -0.25) is 10.2 Å². The fraction of sp³-hybridized carbons (Fsp3) is 0.839. The molecule has 3 saturated carbocycles. The molecule has 40 heavy (non-hydrogen) atoms. The van der Waals surface area contributed by atoms with Crippen LogP contribution in [0.5, 0.6) is 0 Å². The van der Waals surface area contributed by atoms with Crippen molar-refractivity contribution in [2.75, 3.05) is 13.1 Å². The van der Waals surface area contributed by atoms with Crippen LogP contribution in [0.2, 0.25) is 0 Å². The van der Waals surface area contributed by atoms with E-state index in [0.29, 0.717) is 43.1 Å². The van der Waals surface area contributed by atoms with E-state index in [9.17, 15) is 18.7 Å². The predicted octanol–water partition coefficient (Wildman–Crippen LogP) is 4.86. The smallest absolute Gasteiger partial charge is 0.276 e. The average molecular weight is 581 g/mol. The van der Waals surface area contributed by atoms with Crippen molar-refractivity contribution >= 4 is 15.0 Å². The molecule has 6 aliphatic rings. The van der Waals surface area contributed by atoms with Gasteiger partial charge >= 0.3 is 0 Å². The van der Waals surface area contributed by atoms with Crippen molar-refractivity contribution in [1.82, 2.24) is 20.7 Å². The van der Waals surface area contributed by atoms with E-state index >= 15 is 0 Å². The van der Waals surface area contributed by atoms with E-state index in [1.807, 2.05) is 0 Å². The Balaban J connectivity index is 0.000000595. The zero-order valence-electron chi connectivity index (χ0n) is 24.2. The SMILES string of the molecule is C=C(C1CNC(C(F)(F)P)C(O)C1)N1CCC2C3C(CCCC[C@@H]31)NN2C1CCC(C2CC2)CC1.C=CC(C)=O. The number of piperidine rings is 2. The zero-order valence-corrected chi connectivity index (χ0v) is 25.4. The van der Waals surface area contributed by atoms with E-state index in [2.05, 4.69) is 33.8 Å². The lowest BCUT2D eigenvalue weighted by atomic mass is 9.77. The van der Waals surface area contributed by atoms with E-state index < -0.39 is 17.8 Å². The topological polar surface area (TPSA) is 67.8 Å². The highest BCUT2D eigenvalue weighted by Gasteiger charge is 2.53. The molecule has 6 rings (SSSR count). The zero-order chi connectivity index (χ0) is 28.6. The molecule has 3 saturated heterocycles. The Bertz CT molecular complexity index is 920. The number of carbonyl (C=O) groups excluding carboxylic acids is 1. The van der Waals surface area contributed by atoms with Crippen LogP contribution < -0.4 is 10.7 Å². The molecule has 0 bridgehead atoms. The highest BCUT2D eigenvalue weighted by atomic mass is 31.0. The third-order valence-electron chi connectivity index (χ3n) is 10.8. The summed E-state index contributed by atoms with van der Waals surface area (Å²) >= 11 is 0. The molecule has 0 aromatic rings. The van der Waals surface area contributed by atoms with Gasteiger partial charge in [0.2, 0.25) is 0 Å². The lowest BCUT2D eigenvalue weighted by Gasteiger charge is -2.50. The quantitative estimate of drug-likeness (QED) is 0.308. The number of rotatable bonds is 6. The largest absolute Gasteiger partial charge is 0.391 e. The molecule has 9 heteroatoms. The van der Waals surface area contributed by atoms with Crippen molar-refractivity contribution in [2.24, 2.45) is 23.7 Å². The summed E-state index contributed by atoms with van der Waals surface area (Å²) in [4.78, 5) is 12.2. The molecule has 0 radical (unpaired) electrons. The normalized spacial score (nSPS) is 40.3. The summed E-state index contributed by atoms with van der Waals surface area (Å²) in [5, 5.41) is 16.1. The summed E-state index contributed by atoms with van der Waals surface area (Å²) in [6.07, 6.45) is 15.1. The van der Waals surface area contributed by atoms with Gasteiger partial charge in [-0.05, 0) is 89.0 Å². The number of hydrazine groups is 1. The molecule has 6 nitrogen and oxygen atoms in total. The standard InChI is InChI=1S/C27H45F2N4OP.C4H6O/c1-16(19-14-24(34)26(30-15-19)27(28,29)35)32-13-12-23-25-21(4-2-3-5-22(25)32)31-33(23)20-10-8-18(9-11-20)17-6-7-17;1-3-4(2)5/h17-26,30-31,34H,1-15,35H2;3H,1H2,2H3/t18?,19?,20?,21?,22-,23?,24?,25?,26?;/m0./s1. The van der Waals surface area contributed by atoms with Crippen LogP contribution in [0.1, 0.15) is 84.0 Å². The number of hydrogen-bond acceptors (Lipinski definition) is 6. The van der Waals surface area contributed by atoms with E-state index in [4.69, 9.17) is 0 Å². The number of hydrogen-bond donors (Lipinski definition) is 3. The molecule has 0 amide bonds. The number of nitrogens with one attached hydrogen (secondary N) is 2. The van der Waals surface area contributed by atoms with Gasteiger partial charge in [0.15, 0.2) is 5.78 Å². The van der Waals surface area contributed by atoms with Crippen LogP contribution in [0.4, 0.5) is 8.78 Å². The van der Waals surface area contributed by atoms with Crippen molar-refractivity contribution in [3.63, 3.8) is 0 Å². The molecule has 8 atom stereocenters. The average Bonchev–Trinajstić information content (AvgIpc) is 3.74. The molecular formula is C31H51F2N4O2P. The van der Waals surface area contributed by atoms with Crippen LogP contribution in [0.3, 0.4) is 0 Å². The van der Waals surface area contributed by atoms with E-state index in [0.717, 1.165) is 30.5 Å². The molecule has 226 valence electrons. The summed E-state index contributed by atoms with van der Waals surface area (Å²) in [5.41, 5.74) is 2.09. The first-order valence-corrected chi connectivity index (χ1v) is 16.4. The van der Waals surface area contributed by atoms with E-state index in [1.54, 1.807) is 9.24 Å². The third-order valence-corrected chi connectivity index (χ3v) is 11.2. The maximum Gasteiger partial charge on any atom is 0.276 e. The minimum atomic E-state index is -3.00. The van der Waals surface area contributed by atoms with Crippen LogP contribution in [0.15, 0.2) is 24.9 Å². The molecule has 0 spiro atoms. The summed E-state index contributed by atoms with van der Waals surface area (Å²) in [6, 6.07) is 1.09. The van der Waals surface area contributed by atoms with Crippen molar-refractivity contribution in [3.8, 4) is 0 Å². The number of halogens is 2. The van der Waals surface area contributed by atoms with Gasteiger partial charge in [-0.2, -0.15) is 0 Å². The van der Waals surface area contributed by atoms with Gasteiger partial charge in [0.1, 0.15) is 6.04 Å². The van der Waals surface area contributed by atoms with Gasteiger partial charge in [0.25, 0.3) is 5.66 Å². The van der Waals surface area contributed by atoms with Crippen LogP contribution >= 0.6 is 9.24 Å². The van der Waals surface area contributed by atoms with Crippen LogP contribution in [-0.2, 0) is 4.79 Å². The van der Waals surface area contributed by atoms with Crippen LogP contribution in [0, 0.1) is 23.7 Å². The molecule has 3 N–H and O–H groups in total. The predicted molar refractivity (Wildman–Crippen MR) is 159 cm³/mol. The van der Waals surface area contributed by atoms with Gasteiger partial charge in [-0.15, -0.1) is 0 Å². The first-order chi connectivity index (χ1) is 19.1. The Morgan fingerprint density at radius 1 is 1.02 bits per heavy atom. The number of likely N-dealkylation sites (tertiary alicyclic amines) is 1. The van der Waals surface area contributed by atoms with E-state index in [1.165, 1.54) is 77.2 Å². The Hall–Kier alpha value is -0.920. The van der Waals surface area contributed by atoms with E-state index in [-0.39, 0.29) is 11.7 Å². The van der Waals surface area contributed by atoms with Gasteiger partial charge < -0.3 is 15.3 Å². The number of carbonyl (C=O) groups is 1. The van der Waals surface area contributed by atoms with Gasteiger partial charge in [0, 0.05) is 54.8 Å². The summed E-state index contributed by atoms with van der Waals surface area (Å²) in [7, 11) is 1.58. The molecule has 7 unspecified atom stereocenters. The molecule has 3 heterocycles. The maximum atomic E-state index is 13.9. The number of ketones is 1. The second kappa shape index (κ2) is 12.8. The summed E-state index contributed by atoms with van der Waals surface area (Å²) in [5.74, 6) is 2.66. The number of alkyl halides is 2. The second-order valence-electron chi connectivity index (χ2n) is 13.4. The van der Waals surface area contributed by atoms with Crippen molar-refractivity contribution in [3.05, 3.63) is 24.9 Å². The molecule has 3 aliphatic carbocycles. The fourth-order valence-electron chi connectivity index (χ4n) is 8.60. The van der Waals surface area contributed by atoms with Crippen molar-refractivity contribution in [2.45, 2.75) is 126 Å². The number of aliphatic hydroxyl groups is 1. The third kappa shape index (κ3) is 6.67.